The van der Waals surface area contributed by atoms with E-state index in [-0.39, 0.29) is 5.41 Å². The summed E-state index contributed by atoms with van der Waals surface area (Å²) in [6, 6.07) is 7.09. The molecule has 0 spiro atoms. The Hall–Kier alpha value is -1.30. The topological polar surface area (TPSA) is 50.1 Å². The summed E-state index contributed by atoms with van der Waals surface area (Å²) in [6.07, 6.45) is 0. The summed E-state index contributed by atoms with van der Waals surface area (Å²) in [5, 5.41) is 11.1. The molecule has 0 aliphatic rings. The molecular weight excluding hydrogens is 329 g/mol. The molecule has 2 aromatic rings. The standard InChI is InChI=1S/C14H15Cl2N3OS/c1-14(2,3)10-7-11(19-20-10)18-13(21)17-9-6-4-5-8(15)12(9)16/h4-7H,1-3H3,(H2,17,18,19,21). The molecule has 21 heavy (non-hydrogen) atoms. The first kappa shape index (κ1) is 16.1. The Labute approximate surface area is 138 Å². The van der Waals surface area contributed by atoms with Gasteiger partial charge in [-0.15, -0.1) is 0 Å². The average Bonchev–Trinajstić information content (AvgIpc) is 2.83. The van der Waals surface area contributed by atoms with Crippen LogP contribution in [-0.2, 0) is 5.41 Å². The minimum absolute atomic E-state index is 0.113. The molecule has 4 nitrogen and oxygen atoms in total. The molecule has 1 aromatic heterocycles. The molecule has 0 aliphatic heterocycles. The number of benzene rings is 1. The summed E-state index contributed by atoms with van der Waals surface area (Å²) in [6.45, 7) is 6.12. The lowest BCUT2D eigenvalue weighted by Gasteiger charge is -2.12. The highest BCUT2D eigenvalue weighted by molar-refractivity contribution is 7.80. The highest BCUT2D eigenvalue weighted by Crippen LogP contribution is 2.29. The van der Waals surface area contributed by atoms with E-state index in [4.69, 9.17) is 39.9 Å². The van der Waals surface area contributed by atoms with Gasteiger partial charge in [0.15, 0.2) is 10.9 Å². The van der Waals surface area contributed by atoms with Crippen LogP contribution in [0, 0.1) is 0 Å². The van der Waals surface area contributed by atoms with Gasteiger partial charge in [-0.05, 0) is 24.4 Å². The first-order chi connectivity index (χ1) is 9.77. The van der Waals surface area contributed by atoms with Crippen LogP contribution in [0.25, 0.3) is 0 Å². The first-order valence-corrected chi connectivity index (χ1v) is 7.43. The van der Waals surface area contributed by atoms with Gasteiger partial charge in [-0.25, -0.2) is 0 Å². The van der Waals surface area contributed by atoms with Gasteiger partial charge in [0.1, 0.15) is 5.76 Å². The van der Waals surface area contributed by atoms with E-state index in [0.29, 0.717) is 26.7 Å². The van der Waals surface area contributed by atoms with Gasteiger partial charge in [-0.1, -0.05) is 55.2 Å². The molecule has 0 radical (unpaired) electrons. The SMILES string of the molecule is CC(C)(C)c1cc(NC(=S)Nc2cccc(Cl)c2Cl)no1. The van der Waals surface area contributed by atoms with Crippen LogP contribution in [0.4, 0.5) is 11.5 Å². The van der Waals surface area contributed by atoms with Gasteiger partial charge in [0.25, 0.3) is 0 Å². The second kappa shape index (κ2) is 6.22. The Morgan fingerprint density at radius 3 is 2.57 bits per heavy atom. The minimum Gasteiger partial charge on any atom is -0.359 e. The van der Waals surface area contributed by atoms with E-state index in [1.54, 1.807) is 18.2 Å². The summed E-state index contributed by atoms with van der Waals surface area (Å²) in [7, 11) is 0. The molecule has 0 amide bonds. The Bertz CT molecular complexity index is 664. The first-order valence-electron chi connectivity index (χ1n) is 6.26. The molecular formula is C14H15Cl2N3OS. The third kappa shape index (κ3) is 4.09. The zero-order valence-corrected chi connectivity index (χ0v) is 14.2. The number of thiocarbonyl (C=S) groups is 1. The maximum atomic E-state index is 6.09. The minimum atomic E-state index is -0.113. The smallest absolute Gasteiger partial charge is 0.176 e. The summed E-state index contributed by atoms with van der Waals surface area (Å²) >= 11 is 17.3. The number of nitrogens with zero attached hydrogens (tertiary/aromatic N) is 1. The van der Waals surface area contributed by atoms with Crippen molar-refractivity contribution in [1.82, 2.24) is 5.16 Å². The van der Waals surface area contributed by atoms with Crippen molar-refractivity contribution in [3.63, 3.8) is 0 Å². The van der Waals surface area contributed by atoms with Gasteiger partial charge in [-0.3, -0.25) is 0 Å². The van der Waals surface area contributed by atoms with Gasteiger partial charge in [-0.2, -0.15) is 0 Å². The van der Waals surface area contributed by atoms with Gasteiger partial charge >= 0.3 is 0 Å². The lowest BCUT2D eigenvalue weighted by atomic mass is 9.93. The summed E-state index contributed by atoms with van der Waals surface area (Å²) < 4.78 is 5.28. The van der Waals surface area contributed by atoms with E-state index in [1.165, 1.54) is 0 Å². The molecule has 0 atom stereocenters. The van der Waals surface area contributed by atoms with E-state index < -0.39 is 0 Å². The average molecular weight is 344 g/mol. The normalized spacial score (nSPS) is 11.3. The highest BCUT2D eigenvalue weighted by Gasteiger charge is 2.20. The number of rotatable bonds is 2. The summed E-state index contributed by atoms with van der Waals surface area (Å²) in [5.41, 5.74) is 0.513. The second-order valence-corrected chi connectivity index (χ2v) is 6.70. The molecule has 0 fully saturated rings. The van der Waals surface area contributed by atoms with Crippen LogP contribution < -0.4 is 10.6 Å². The Balaban J connectivity index is 2.05. The number of halogens is 2. The molecule has 112 valence electrons. The highest BCUT2D eigenvalue weighted by atomic mass is 35.5. The molecule has 2 N–H and O–H groups in total. The van der Waals surface area contributed by atoms with Crippen LogP contribution in [0.2, 0.25) is 10.0 Å². The fourth-order valence-corrected chi connectivity index (χ4v) is 2.12. The Kier molecular flexibility index (Phi) is 4.76. The van der Waals surface area contributed by atoms with E-state index in [0.717, 1.165) is 5.76 Å². The third-order valence-electron chi connectivity index (χ3n) is 2.69. The summed E-state index contributed by atoms with van der Waals surface area (Å²) in [5.74, 6) is 1.31. The van der Waals surface area contributed by atoms with E-state index in [2.05, 4.69) is 15.8 Å². The lowest BCUT2D eigenvalue weighted by molar-refractivity contribution is 0.331. The predicted octanol–water partition coefficient (Wildman–Crippen LogP) is 5.09. The van der Waals surface area contributed by atoms with Crippen LogP contribution >= 0.6 is 35.4 Å². The van der Waals surface area contributed by atoms with Crippen LogP contribution in [0.1, 0.15) is 26.5 Å². The van der Waals surface area contributed by atoms with Gasteiger partial charge < -0.3 is 15.2 Å². The molecule has 0 saturated heterocycles. The molecule has 0 aliphatic carbocycles. The molecule has 0 bridgehead atoms. The van der Waals surface area contributed by atoms with E-state index in [9.17, 15) is 0 Å². The van der Waals surface area contributed by atoms with Crippen molar-refractivity contribution in [2.24, 2.45) is 0 Å². The van der Waals surface area contributed by atoms with Crippen molar-refractivity contribution < 1.29 is 4.52 Å². The van der Waals surface area contributed by atoms with E-state index >= 15 is 0 Å². The van der Waals surface area contributed by atoms with Crippen LogP contribution in [-0.4, -0.2) is 10.3 Å². The van der Waals surface area contributed by atoms with Gasteiger partial charge in [0, 0.05) is 11.5 Å². The predicted molar refractivity (Wildman–Crippen MR) is 91.5 cm³/mol. The van der Waals surface area contributed by atoms with Crippen LogP contribution in [0.5, 0.6) is 0 Å². The van der Waals surface area contributed by atoms with E-state index in [1.807, 2.05) is 26.8 Å². The fourth-order valence-electron chi connectivity index (χ4n) is 1.56. The number of anilines is 2. The number of hydrogen-bond donors (Lipinski definition) is 2. The molecule has 0 unspecified atom stereocenters. The number of hydrogen-bond acceptors (Lipinski definition) is 3. The maximum absolute atomic E-state index is 6.09. The van der Waals surface area contributed by atoms with Crippen molar-refractivity contribution in [2.75, 3.05) is 10.6 Å². The number of aromatic nitrogens is 1. The van der Waals surface area contributed by atoms with Gasteiger partial charge in [0.05, 0.1) is 15.7 Å². The quantitative estimate of drug-likeness (QED) is 0.744. The van der Waals surface area contributed by atoms with Crippen molar-refractivity contribution in [2.45, 2.75) is 26.2 Å². The molecule has 2 rings (SSSR count). The molecule has 1 heterocycles. The largest absolute Gasteiger partial charge is 0.359 e. The monoisotopic (exact) mass is 343 g/mol. The van der Waals surface area contributed by atoms with Gasteiger partial charge in [0.2, 0.25) is 0 Å². The summed E-state index contributed by atoms with van der Waals surface area (Å²) in [4.78, 5) is 0. The third-order valence-corrected chi connectivity index (χ3v) is 3.71. The second-order valence-electron chi connectivity index (χ2n) is 5.51. The zero-order chi connectivity index (χ0) is 15.6. The molecule has 1 aromatic carbocycles. The maximum Gasteiger partial charge on any atom is 0.176 e. The van der Waals surface area contributed by atoms with Crippen molar-refractivity contribution in [3.8, 4) is 0 Å². The van der Waals surface area contributed by atoms with Crippen LogP contribution in [0.15, 0.2) is 28.8 Å². The lowest BCUT2D eigenvalue weighted by Crippen LogP contribution is -2.19. The fraction of sp³-hybridized carbons (Fsp3) is 0.286. The Morgan fingerprint density at radius 1 is 1.24 bits per heavy atom. The van der Waals surface area contributed by atoms with Crippen molar-refractivity contribution in [1.29, 1.82) is 0 Å². The number of nitrogens with one attached hydrogen (secondary N) is 2. The van der Waals surface area contributed by atoms with Crippen molar-refractivity contribution in [3.05, 3.63) is 40.1 Å². The molecule has 0 saturated carbocycles. The Morgan fingerprint density at radius 2 is 1.95 bits per heavy atom. The molecule has 7 heteroatoms. The van der Waals surface area contributed by atoms with Crippen LogP contribution in [0.3, 0.4) is 0 Å². The van der Waals surface area contributed by atoms with Crippen molar-refractivity contribution >= 4 is 52.0 Å². The zero-order valence-electron chi connectivity index (χ0n) is 11.8.